The van der Waals surface area contributed by atoms with Crippen LogP contribution >= 0.6 is 0 Å². The minimum absolute atomic E-state index is 0.122. The molecule has 1 heterocycles. The van der Waals surface area contributed by atoms with Crippen molar-refractivity contribution in [3.8, 4) is 0 Å². The van der Waals surface area contributed by atoms with E-state index >= 15 is 0 Å². The van der Waals surface area contributed by atoms with E-state index in [9.17, 15) is 0 Å². The lowest BCUT2D eigenvalue weighted by Crippen LogP contribution is -2.06. The summed E-state index contributed by atoms with van der Waals surface area (Å²) in [5, 5.41) is 2.69. The Hall–Kier alpha value is -2.57. The van der Waals surface area contributed by atoms with E-state index in [0.717, 1.165) is 5.69 Å². The third-order valence-corrected chi connectivity index (χ3v) is 1.69. The van der Waals surface area contributed by atoms with Crippen molar-refractivity contribution in [2.75, 3.05) is 29.6 Å². The highest BCUT2D eigenvalue weighted by Crippen LogP contribution is 2.00. The van der Waals surface area contributed by atoms with Gasteiger partial charge >= 0.3 is 0 Å². The topological polar surface area (TPSA) is 129 Å². The van der Waals surface area contributed by atoms with E-state index in [1.165, 1.54) is 0 Å². The van der Waals surface area contributed by atoms with Crippen LogP contribution in [-0.2, 0) is 0 Å². The van der Waals surface area contributed by atoms with Crippen molar-refractivity contribution in [2.45, 2.75) is 0 Å². The number of para-hydroxylation sites is 1. The van der Waals surface area contributed by atoms with Crippen molar-refractivity contribution in [3.05, 3.63) is 30.3 Å². The molecule has 1 aromatic carbocycles. The minimum atomic E-state index is 0.122. The summed E-state index contributed by atoms with van der Waals surface area (Å²) in [7, 11) is 1.67. The fourth-order valence-electron chi connectivity index (χ4n) is 0.974. The predicted octanol–water partition coefficient (Wildman–Crippen LogP) is 0.347. The van der Waals surface area contributed by atoms with E-state index in [2.05, 4.69) is 20.3 Å². The smallest absolute Gasteiger partial charge is 0.229 e. The van der Waals surface area contributed by atoms with Gasteiger partial charge in [-0.05, 0) is 12.1 Å². The number of nitrogens with zero attached hydrogens (tertiary/aromatic N) is 3. The van der Waals surface area contributed by atoms with Gasteiger partial charge in [0, 0.05) is 12.7 Å². The van der Waals surface area contributed by atoms with Crippen molar-refractivity contribution in [2.24, 2.45) is 0 Å². The molecule has 0 fully saturated rings. The number of hydrogen-bond donors (Lipinski definition) is 4. The van der Waals surface area contributed by atoms with E-state index in [-0.39, 0.29) is 11.9 Å². The SMILES string of the molecule is CNc1nc(N)nc(N)n1.Nc1ccccc1. The quantitative estimate of drug-likeness (QED) is 0.523. The van der Waals surface area contributed by atoms with Crippen LogP contribution in [0, 0.1) is 0 Å². The molecule has 0 spiro atoms. The zero-order valence-corrected chi connectivity index (χ0v) is 9.46. The molecule has 7 heteroatoms. The van der Waals surface area contributed by atoms with Crippen LogP contribution in [0.1, 0.15) is 0 Å². The summed E-state index contributed by atoms with van der Waals surface area (Å²) in [5.74, 6) is 0.624. The highest BCUT2D eigenvalue weighted by Gasteiger charge is 1.96. The van der Waals surface area contributed by atoms with Crippen LogP contribution in [0.3, 0.4) is 0 Å². The van der Waals surface area contributed by atoms with Crippen LogP contribution < -0.4 is 22.5 Å². The molecule has 0 unspecified atom stereocenters. The number of anilines is 4. The average molecular weight is 233 g/mol. The summed E-state index contributed by atoms with van der Waals surface area (Å²) < 4.78 is 0. The van der Waals surface area contributed by atoms with Gasteiger partial charge in [0.1, 0.15) is 0 Å². The molecule has 0 aliphatic carbocycles. The van der Waals surface area contributed by atoms with Crippen molar-refractivity contribution < 1.29 is 0 Å². The molecule has 0 aliphatic rings. The molecule has 0 bridgehead atoms. The van der Waals surface area contributed by atoms with Gasteiger partial charge in [0.05, 0.1) is 0 Å². The number of hydrogen-bond acceptors (Lipinski definition) is 7. The number of rotatable bonds is 1. The molecule has 7 N–H and O–H groups in total. The van der Waals surface area contributed by atoms with E-state index in [1.54, 1.807) is 7.05 Å². The third-order valence-electron chi connectivity index (χ3n) is 1.69. The Morgan fingerprint density at radius 2 is 1.41 bits per heavy atom. The Morgan fingerprint density at radius 3 is 1.76 bits per heavy atom. The summed E-state index contributed by atoms with van der Waals surface area (Å²) in [4.78, 5) is 11.0. The summed E-state index contributed by atoms with van der Waals surface area (Å²) in [6.45, 7) is 0. The first-order valence-corrected chi connectivity index (χ1v) is 4.87. The van der Waals surface area contributed by atoms with Crippen LogP contribution in [-0.4, -0.2) is 22.0 Å². The van der Waals surface area contributed by atoms with Crippen LogP contribution in [0.25, 0.3) is 0 Å². The normalized spacial score (nSPS) is 9.00. The molecule has 90 valence electrons. The maximum absolute atomic E-state index is 5.36. The molecule has 2 rings (SSSR count). The van der Waals surface area contributed by atoms with Crippen molar-refractivity contribution in [1.82, 2.24) is 15.0 Å². The van der Waals surface area contributed by atoms with E-state index < -0.39 is 0 Å². The predicted molar refractivity (Wildman–Crippen MR) is 69.1 cm³/mol. The summed E-state index contributed by atoms with van der Waals surface area (Å²) >= 11 is 0. The van der Waals surface area contributed by atoms with Crippen LogP contribution in [0.15, 0.2) is 30.3 Å². The van der Waals surface area contributed by atoms with Crippen LogP contribution in [0.4, 0.5) is 23.5 Å². The lowest BCUT2D eigenvalue weighted by Gasteiger charge is -1.98. The van der Waals surface area contributed by atoms with Gasteiger partial charge in [0.2, 0.25) is 17.8 Å². The van der Waals surface area contributed by atoms with Crippen LogP contribution in [0.5, 0.6) is 0 Å². The highest BCUT2D eigenvalue weighted by molar-refractivity contribution is 5.36. The van der Waals surface area contributed by atoms with Crippen molar-refractivity contribution in [1.29, 1.82) is 0 Å². The van der Waals surface area contributed by atoms with E-state index in [1.807, 2.05) is 30.3 Å². The largest absolute Gasteiger partial charge is 0.399 e. The molecule has 0 saturated heterocycles. The molecule has 17 heavy (non-hydrogen) atoms. The van der Waals surface area contributed by atoms with E-state index in [4.69, 9.17) is 17.2 Å². The Bertz CT molecular complexity index is 437. The molecular weight excluding hydrogens is 218 g/mol. The Morgan fingerprint density at radius 1 is 0.882 bits per heavy atom. The molecule has 0 atom stereocenters. The number of nitrogen functional groups attached to an aromatic ring is 3. The van der Waals surface area contributed by atoms with E-state index in [0.29, 0.717) is 5.95 Å². The number of aromatic nitrogens is 3. The second kappa shape index (κ2) is 6.11. The van der Waals surface area contributed by atoms with Gasteiger partial charge in [-0.25, -0.2) is 0 Å². The maximum Gasteiger partial charge on any atom is 0.229 e. The lowest BCUT2D eigenvalue weighted by molar-refractivity contribution is 1.07. The third kappa shape index (κ3) is 4.65. The van der Waals surface area contributed by atoms with Crippen molar-refractivity contribution in [3.63, 3.8) is 0 Å². The summed E-state index contributed by atoms with van der Waals surface area (Å²) in [6.07, 6.45) is 0. The molecular formula is C10H15N7. The molecule has 0 amide bonds. The van der Waals surface area contributed by atoms with Gasteiger partial charge in [-0.1, -0.05) is 18.2 Å². The Balaban J connectivity index is 0.000000181. The second-order valence-electron chi connectivity index (χ2n) is 3.04. The van der Waals surface area contributed by atoms with Gasteiger partial charge in [-0.15, -0.1) is 0 Å². The first kappa shape index (κ1) is 12.5. The zero-order valence-electron chi connectivity index (χ0n) is 9.46. The fourth-order valence-corrected chi connectivity index (χ4v) is 0.974. The monoisotopic (exact) mass is 233 g/mol. The summed E-state index contributed by atoms with van der Waals surface area (Å²) in [5.41, 5.74) is 16.7. The Labute approximate surface area is 99.1 Å². The number of benzene rings is 1. The van der Waals surface area contributed by atoms with Gasteiger partial charge in [-0.2, -0.15) is 15.0 Å². The number of nitrogens with two attached hydrogens (primary N) is 3. The molecule has 0 radical (unpaired) electrons. The standard InChI is InChI=1S/C6H7N.C4H8N6/c7-6-4-2-1-3-5-6;1-7-4-9-2(5)8-3(6)10-4/h1-5H,7H2;1H3,(H5,5,6,7,8,9,10). The number of nitrogens with one attached hydrogen (secondary N) is 1. The van der Waals surface area contributed by atoms with Gasteiger partial charge in [-0.3, -0.25) is 0 Å². The van der Waals surface area contributed by atoms with Crippen LogP contribution in [0.2, 0.25) is 0 Å². The zero-order chi connectivity index (χ0) is 12.7. The molecule has 1 aromatic heterocycles. The average Bonchev–Trinajstić information content (AvgIpc) is 2.29. The first-order valence-electron chi connectivity index (χ1n) is 4.87. The Kier molecular flexibility index (Phi) is 4.49. The maximum atomic E-state index is 5.36. The van der Waals surface area contributed by atoms with Gasteiger partial charge in [0.15, 0.2) is 0 Å². The lowest BCUT2D eigenvalue weighted by atomic mass is 10.3. The minimum Gasteiger partial charge on any atom is -0.399 e. The molecule has 0 aliphatic heterocycles. The highest BCUT2D eigenvalue weighted by atomic mass is 15.2. The molecule has 7 nitrogen and oxygen atoms in total. The first-order chi connectivity index (χ1) is 8.11. The van der Waals surface area contributed by atoms with Crippen molar-refractivity contribution >= 4 is 23.5 Å². The van der Waals surface area contributed by atoms with Gasteiger partial charge in [0.25, 0.3) is 0 Å². The summed E-state index contributed by atoms with van der Waals surface area (Å²) in [6, 6.07) is 9.49. The molecule has 2 aromatic rings. The fraction of sp³-hybridized carbons (Fsp3) is 0.100. The van der Waals surface area contributed by atoms with Gasteiger partial charge < -0.3 is 22.5 Å². The molecule has 0 saturated carbocycles. The second-order valence-corrected chi connectivity index (χ2v) is 3.04.